The predicted octanol–water partition coefficient (Wildman–Crippen LogP) is 4.35. The van der Waals surface area contributed by atoms with Crippen molar-refractivity contribution in [2.45, 2.75) is 52.6 Å². The van der Waals surface area contributed by atoms with E-state index in [0.717, 1.165) is 11.5 Å². The summed E-state index contributed by atoms with van der Waals surface area (Å²) in [6, 6.07) is 0. The molecule has 0 N–H and O–H groups in total. The van der Waals surface area contributed by atoms with Gasteiger partial charge >= 0.3 is 8.56 Å². The van der Waals surface area contributed by atoms with Gasteiger partial charge in [0.05, 0.1) is 11.5 Å². The van der Waals surface area contributed by atoms with E-state index in [2.05, 4.69) is 40.9 Å². The molecule has 0 aromatic heterocycles. The molecule has 88 valence electrons. The lowest BCUT2D eigenvalue weighted by atomic mass is 10.5. The first kappa shape index (κ1) is 14.3. The highest BCUT2D eigenvalue weighted by atomic mass is 28.4. The molecule has 0 unspecified atom stereocenters. The maximum atomic E-state index is 5.93. The van der Waals surface area contributed by atoms with E-state index in [4.69, 9.17) is 8.85 Å². The molecule has 0 aliphatic heterocycles. The Kier molecular flexibility index (Phi) is 5.15. The first-order valence-corrected chi connectivity index (χ1v) is 7.38. The van der Waals surface area contributed by atoms with Crippen LogP contribution < -0.4 is 0 Å². The minimum Gasteiger partial charge on any atom is -0.516 e. The second kappa shape index (κ2) is 5.40. The Hall–Kier alpha value is -0.703. The van der Waals surface area contributed by atoms with Crippen LogP contribution in [0.25, 0.3) is 0 Å². The van der Waals surface area contributed by atoms with Crippen LogP contribution in [0.15, 0.2) is 24.7 Å². The zero-order chi connectivity index (χ0) is 12.2. The zero-order valence-corrected chi connectivity index (χ0v) is 11.9. The maximum Gasteiger partial charge on any atom is 0.465 e. The van der Waals surface area contributed by atoms with E-state index >= 15 is 0 Å². The molecule has 3 heteroatoms. The van der Waals surface area contributed by atoms with Crippen LogP contribution in [-0.4, -0.2) is 8.56 Å². The quantitative estimate of drug-likeness (QED) is 0.497. The maximum absolute atomic E-state index is 5.93. The minimum atomic E-state index is -2.28. The molecule has 0 radical (unpaired) electrons. The topological polar surface area (TPSA) is 18.5 Å². The van der Waals surface area contributed by atoms with Crippen LogP contribution in [0.1, 0.15) is 41.5 Å². The van der Waals surface area contributed by atoms with Crippen molar-refractivity contribution in [3.05, 3.63) is 24.7 Å². The molecule has 2 nitrogen and oxygen atoms in total. The van der Waals surface area contributed by atoms with E-state index in [0.29, 0.717) is 11.1 Å². The monoisotopic (exact) mass is 228 g/mol. The molecular weight excluding hydrogens is 204 g/mol. The lowest BCUT2D eigenvalue weighted by Gasteiger charge is -2.37. The summed E-state index contributed by atoms with van der Waals surface area (Å²) in [7, 11) is -2.28. The van der Waals surface area contributed by atoms with Crippen LogP contribution in [0, 0.1) is 0 Å². The summed E-state index contributed by atoms with van der Waals surface area (Å²) in [5, 5.41) is 0. The van der Waals surface area contributed by atoms with Crippen LogP contribution in [0.2, 0.25) is 11.1 Å². The number of hydrogen-bond donors (Lipinski definition) is 0. The molecule has 0 saturated heterocycles. The van der Waals surface area contributed by atoms with Gasteiger partial charge in [-0.1, -0.05) is 40.9 Å². The smallest absolute Gasteiger partial charge is 0.465 e. The summed E-state index contributed by atoms with van der Waals surface area (Å²) < 4.78 is 11.9. The zero-order valence-electron chi connectivity index (χ0n) is 10.9. The van der Waals surface area contributed by atoms with Crippen molar-refractivity contribution in [1.29, 1.82) is 0 Å². The largest absolute Gasteiger partial charge is 0.516 e. The van der Waals surface area contributed by atoms with Gasteiger partial charge in [0.25, 0.3) is 0 Å². The molecule has 0 aliphatic rings. The Labute approximate surface area is 95.2 Å². The van der Waals surface area contributed by atoms with Gasteiger partial charge in [0.15, 0.2) is 0 Å². The molecule has 0 aromatic carbocycles. The van der Waals surface area contributed by atoms with Gasteiger partial charge in [-0.2, -0.15) is 0 Å². The molecule has 0 spiro atoms. The second-order valence-corrected chi connectivity index (χ2v) is 8.80. The number of rotatable bonds is 6. The van der Waals surface area contributed by atoms with Crippen molar-refractivity contribution in [3.63, 3.8) is 0 Å². The molecule has 0 bridgehead atoms. The third-order valence-electron chi connectivity index (χ3n) is 2.28. The molecular formula is C12H24O2Si. The summed E-state index contributed by atoms with van der Waals surface area (Å²) in [6.45, 7) is 19.9. The lowest BCUT2D eigenvalue weighted by molar-refractivity contribution is 0.241. The highest BCUT2D eigenvalue weighted by Gasteiger charge is 2.49. The molecule has 0 aromatic rings. The van der Waals surface area contributed by atoms with Crippen LogP contribution in [0.4, 0.5) is 0 Å². The van der Waals surface area contributed by atoms with Gasteiger partial charge in [0.2, 0.25) is 0 Å². The molecule has 0 aliphatic carbocycles. The van der Waals surface area contributed by atoms with E-state index in [1.807, 2.05) is 13.8 Å². The van der Waals surface area contributed by atoms with Crippen LogP contribution in [0.5, 0.6) is 0 Å². The van der Waals surface area contributed by atoms with Gasteiger partial charge in [-0.3, -0.25) is 0 Å². The lowest BCUT2D eigenvalue weighted by Crippen LogP contribution is -2.47. The summed E-state index contributed by atoms with van der Waals surface area (Å²) >= 11 is 0. The van der Waals surface area contributed by atoms with E-state index in [1.54, 1.807) is 0 Å². The van der Waals surface area contributed by atoms with E-state index in [1.165, 1.54) is 0 Å². The highest BCUT2D eigenvalue weighted by Crippen LogP contribution is 2.37. The first-order valence-electron chi connectivity index (χ1n) is 5.41. The Morgan fingerprint density at radius 1 is 0.867 bits per heavy atom. The normalized spacial score (nSPS) is 11.7. The van der Waals surface area contributed by atoms with Crippen molar-refractivity contribution in [3.8, 4) is 0 Å². The fraction of sp³-hybridized carbons (Fsp3) is 0.667. The van der Waals surface area contributed by atoms with Crippen molar-refractivity contribution in [2.24, 2.45) is 0 Å². The minimum absolute atomic E-state index is 0.367. The fourth-order valence-corrected chi connectivity index (χ4v) is 5.11. The van der Waals surface area contributed by atoms with E-state index in [-0.39, 0.29) is 0 Å². The Bertz CT molecular complexity index is 218. The highest BCUT2D eigenvalue weighted by molar-refractivity contribution is 6.70. The molecule has 0 fully saturated rings. The summed E-state index contributed by atoms with van der Waals surface area (Å²) in [4.78, 5) is 0. The SMILES string of the molecule is C=C(C)O[Si](OC(=C)C)(C(C)C)C(C)C. The summed E-state index contributed by atoms with van der Waals surface area (Å²) in [5.74, 6) is 1.45. The van der Waals surface area contributed by atoms with Gasteiger partial charge in [-0.25, -0.2) is 0 Å². The van der Waals surface area contributed by atoms with Gasteiger partial charge in [-0.05, 0) is 13.8 Å². The third kappa shape index (κ3) is 3.74. The summed E-state index contributed by atoms with van der Waals surface area (Å²) in [5.41, 5.74) is 0.733. The molecule has 15 heavy (non-hydrogen) atoms. The molecule has 0 heterocycles. The number of allylic oxidation sites excluding steroid dienone is 2. The Morgan fingerprint density at radius 3 is 1.27 bits per heavy atom. The Morgan fingerprint density at radius 2 is 1.13 bits per heavy atom. The second-order valence-electron chi connectivity index (χ2n) is 4.64. The third-order valence-corrected chi connectivity index (χ3v) is 6.83. The summed E-state index contributed by atoms with van der Waals surface area (Å²) in [6.07, 6.45) is 0. The van der Waals surface area contributed by atoms with Gasteiger partial charge in [0, 0.05) is 11.1 Å². The first-order chi connectivity index (χ1) is 6.72. The molecule has 0 atom stereocenters. The van der Waals surface area contributed by atoms with Crippen LogP contribution in [-0.2, 0) is 8.85 Å². The molecule has 0 rings (SSSR count). The average molecular weight is 228 g/mol. The molecule has 0 amide bonds. The van der Waals surface area contributed by atoms with E-state index < -0.39 is 8.56 Å². The van der Waals surface area contributed by atoms with E-state index in [9.17, 15) is 0 Å². The van der Waals surface area contributed by atoms with Crippen molar-refractivity contribution in [2.75, 3.05) is 0 Å². The van der Waals surface area contributed by atoms with Crippen molar-refractivity contribution < 1.29 is 8.85 Å². The van der Waals surface area contributed by atoms with Crippen LogP contribution >= 0.6 is 0 Å². The average Bonchev–Trinajstić information content (AvgIpc) is 1.99. The standard InChI is InChI=1S/C12H24O2Si/c1-9(2)13-15(11(5)6,12(7)8)14-10(3)4/h11-12H,1,3H2,2,4-8H3. The predicted molar refractivity (Wildman–Crippen MR) is 67.7 cm³/mol. The van der Waals surface area contributed by atoms with Crippen molar-refractivity contribution in [1.82, 2.24) is 0 Å². The Balaban J connectivity index is 5.07. The van der Waals surface area contributed by atoms with Gasteiger partial charge < -0.3 is 8.85 Å². The number of hydrogen-bond acceptors (Lipinski definition) is 2. The molecule has 0 saturated carbocycles. The van der Waals surface area contributed by atoms with Crippen LogP contribution in [0.3, 0.4) is 0 Å². The van der Waals surface area contributed by atoms with Gasteiger partial charge in [-0.15, -0.1) is 0 Å². The van der Waals surface area contributed by atoms with Gasteiger partial charge in [0.1, 0.15) is 0 Å². The van der Waals surface area contributed by atoms with Crippen molar-refractivity contribution >= 4 is 8.56 Å². The fourth-order valence-electron chi connectivity index (χ4n) is 1.70.